The fourth-order valence-electron chi connectivity index (χ4n) is 3.57. The maximum atomic E-state index is 13.3. The number of pyridine rings is 1. The molecule has 1 aromatic carbocycles. The van der Waals surface area contributed by atoms with E-state index in [1.54, 1.807) is 12.3 Å². The maximum Gasteiger partial charge on any atom is 0.251 e. The van der Waals surface area contributed by atoms with Crippen molar-refractivity contribution >= 4 is 5.91 Å². The highest BCUT2D eigenvalue weighted by atomic mass is 19.1. The van der Waals surface area contributed by atoms with E-state index in [0.717, 1.165) is 37.1 Å². The van der Waals surface area contributed by atoms with Crippen molar-refractivity contribution in [1.82, 2.24) is 20.1 Å². The summed E-state index contributed by atoms with van der Waals surface area (Å²) in [7, 11) is 0. The van der Waals surface area contributed by atoms with E-state index in [-0.39, 0.29) is 5.91 Å². The van der Waals surface area contributed by atoms with Gasteiger partial charge in [0.2, 0.25) is 0 Å². The molecule has 0 radical (unpaired) electrons. The summed E-state index contributed by atoms with van der Waals surface area (Å²) in [6.07, 6.45) is 6.09. The lowest BCUT2D eigenvalue weighted by Crippen LogP contribution is -2.28. The van der Waals surface area contributed by atoms with E-state index < -0.39 is 5.82 Å². The summed E-state index contributed by atoms with van der Waals surface area (Å²) >= 11 is 0. The average Bonchev–Trinajstić information content (AvgIpc) is 3.07. The van der Waals surface area contributed by atoms with Gasteiger partial charge in [-0.1, -0.05) is 12.1 Å². The van der Waals surface area contributed by atoms with E-state index in [0.29, 0.717) is 18.7 Å². The van der Waals surface area contributed by atoms with E-state index in [1.165, 1.54) is 29.5 Å². The zero-order chi connectivity index (χ0) is 18.6. The van der Waals surface area contributed by atoms with Crippen LogP contribution >= 0.6 is 0 Å². The molecule has 0 spiro atoms. The summed E-state index contributed by atoms with van der Waals surface area (Å²) in [5, 5.41) is 7.64. The van der Waals surface area contributed by atoms with Gasteiger partial charge in [-0.05, 0) is 56.0 Å². The van der Waals surface area contributed by atoms with Crippen molar-refractivity contribution in [1.29, 1.82) is 0 Å². The van der Waals surface area contributed by atoms with Crippen LogP contribution in [0.15, 0.2) is 48.7 Å². The molecule has 0 saturated carbocycles. The zero-order valence-corrected chi connectivity index (χ0v) is 15.0. The van der Waals surface area contributed by atoms with Gasteiger partial charge in [0.25, 0.3) is 5.91 Å². The van der Waals surface area contributed by atoms with Crippen LogP contribution in [-0.4, -0.2) is 27.2 Å². The first-order valence-corrected chi connectivity index (χ1v) is 9.26. The molecule has 0 bridgehead atoms. The number of halogens is 1. The van der Waals surface area contributed by atoms with Crippen LogP contribution in [0.3, 0.4) is 0 Å². The molecule has 1 aliphatic carbocycles. The Morgan fingerprint density at radius 2 is 2.04 bits per heavy atom. The topological polar surface area (TPSA) is 59.8 Å². The fraction of sp³-hybridized carbons (Fsp3) is 0.286. The highest BCUT2D eigenvalue weighted by molar-refractivity contribution is 5.94. The number of nitrogens with one attached hydrogen (secondary N) is 1. The number of carbonyl (C=O) groups excluding carboxylic acids is 1. The predicted molar refractivity (Wildman–Crippen MR) is 101 cm³/mol. The molecule has 138 valence electrons. The summed E-state index contributed by atoms with van der Waals surface area (Å²) < 4.78 is 15.3. The molecule has 1 N–H and O–H groups in total. The van der Waals surface area contributed by atoms with E-state index >= 15 is 0 Å². The Kier molecular flexibility index (Phi) is 4.96. The first-order chi connectivity index (χ1) is 13.2. The third-order valence-electron chi connectivity index (χ3n) is 4.86. The molecular weight excluding hydrogens is 343 g/mol. The Morgan fingerprint density at radius 1 is 1.15 bits per heavy atom. The van der Waals surface area contributed by atoms with Crippen LogP contribution in [0.25, 0.3) is 11.4 Å². The number of hydrogen-bond donors (Lipinski definition) is 1. The average molecular weight is 364 g/mol. The molecule has 27 heavy (non-hydrogen) atoms. The van der Waals surface area contributed by atoms with Crippen molar-refractivity contribution in [3.8, 4) is 11.4 Å². The minimum absolute atomic E-state index is 0.277. The van der Waals surface area contributed by atoms with Crippen molar-refractivity contribution in [2.45, 2.75) is 32.2 Å². The van der Waals surface area contributed by atoms with Gasteiger partial charge in [-0.3, -0.25) is 14.5 Å². The SMILES string of the molecule is O=C(NCCn1nc(-c2ccccn2)c2c1CCCC2)c1cccc(F)c1. The van der Waals surface area contributed by atoms with E-state index in [4.69, 9.17) is 5.10 Å². The van der Waals surface area contributed by atoms with Crippen molar-refractivity contribution in [2.24, 2.45) is 0 Å². The molecule has 0 saturated heterocycles. The van der Waals surface area contributed by atoms with Gasteiger partial charge in [0, 0.05) is 29.6 Å². The second-order valence-corrected chi connectivity index (χ2v) is 6.69. The van der Waals surface area contributed by atoms with Crippen molar-refractivity contribution < 1.29 is 9.18 Å². The molecule has 1 amide bonds. The molecule has 1 aliphatic rings. The highest BCUT2D eigenvalue weighted by Crippen LogP contribution is 2.30. The summed E-state index contributed by atoms with van der Waals surface area (Å²) in [6, 6.07) is 11.6. The molecule has 0 fully saturated rings. The van der Waals surface area contributed by atoms with Gasteiger partial charge in [0.15, 0.2) is 0 Å². The van der Waals surface area contributed by atoms with Gasteiger partial charge in [0.1, 0.15) is 11.5 Å². The first-order valence-electron chi connectivity index (χ1n) is 9.26. The molecular formula is C21H21FN4O. The number of carbonyl (C=O) groups is 1. The number of amides is 1. The maximum absolute atomic E-state index is 13.3. The molecule has 4 rings (SSSR count). The normalized spacial score (nSPS) is 13.2. The molecule has 3 aromatic rings. The molecule has 2 heterocycles. The Labute approximate surface area is 157 Å². The monoisotopic (exact) mass is 364 g/mol. The van der Waals surface area contributed by atoms with Crippen LogP contribution in [-0.2, 0) is 19.4 Å². The summed E-state index contributed by atoms with van der Waals surface area (Å²) in [5.74, 6) is -0.690. The third kappa shape index (κ3) is 3.74. The molecule has 0 aliphatic heterocycles. The van der Waals surface area contributed by atoms with Gasteiger partial charge in [-0.25, -0.2) is 4.39 Å². The Hall–Kier alpha value is -3.02. The lowest BCUT2D eigenvalue weighted by atomic mass is 9.95. The number of aromatic nitrogens is 3. The van der Waals surface area contributed by atoms with Crippen molar-refractivity contribution in [3.63, 3.8) is 0 Å². The van der Waals surface area contributed by atoms with Crippen LogP contribution in [0.1, 0.15) is 34.5 Å². The molecule has 0 atom stereocenters. The molecule has 2 aromatic heterocycles. The molecule has 5 nitrogen and oxygen atoms in total. The predicted octanol–water partition coefficient (Wildman–Crippen LogP) is 3.39. The Morgan fingerprint density at radius 3 is 2.85 bits per heavy atom. The lowest BCUT2D eigenvalue weighted by molar-refractivity contribution is 0.0951. The van der Waals surface area contributed by atoms with Crippen LogP contribution in [0.2, 0.25) is 0 Å². The highest BCUT2D eigenvalue weighted by Gasteiger charge is 2.22. The number of rotatable bonds is 5. The summed E-state index contributed by atoms with van der Waals surface area (Å²) in [4.78, 5) is 16.6. The van der Waals surface area contributed by atoms with Crippen LogP contribution < -0.4 is 5.32 Å². The van der Waals surface area contributed by atoms with Crippen LogP contribution in [0.4, 0.5) is 4.39 Å². The number of nitrogens with zero attached hydrogens (tertiary/aromatic N) is 3. The summed E-state index contributed by atoms with van der Waals surface area (Å²) in [6.45, 7) is 1.02. The first kappa shape index (κ1) is 17.4. The Bertz CT molecular complexity index is 952. The fourth-order valence-corrected chi connectivity index (χ4v) is 3.57. The quantitative estimate of drug-likeness (QED) is 0.755. The van der Waals surface area contributed by atoms with E-state index in [2.05, 4.69) is 10.3 Å². The minimum atomic E-state index is -0.413. The Balaban J connectivity index is 1.49. The van der Waals surface area contributed by atoms with Gasteiger partial charge in [-0.15, -0.1) is 0 Å². The van der Waals surface area contributed by atoms with Gasteiger partial charge in [0.05, 0.1) is 12.2 Å². The number of hydrogen-bond acceptors (Lipinski definition) is 3. The largest absolute Gasteiger partial charge is 0.350 e. The van der Waals surface area contributed by atoms with Gasteiger partial charge < -0.3 is 5.32 Å². The van der Waals surface area contributed by atoms with Crippen molar-refractivity contribution in [2.75, 3.05) is 6.54 Å². The zero-order valence-electron chi connectivity index (χ0n) is 15.0. The number of fused-ring (bicyclic) bond motifs is 1. The van der Waals surface area contributed by atoms with Gasteiger partial charge in [-0.2, -0.15) is 5.10 Å². The summed E-state index contributed by atoms with van der Waals surface area (Å²) in [5.41, 5.74) is 4.67. The van der Waals surface area contributed by atoms with Crippen LogP contribution in [0.5, 0.6) is 0 Å². The van der Waals surface area contributed by atoms with Crippen molar-refractivity contribution in [3.05, 3.63) is 71.3 Å². The van der Waals surface area contributed by atoms with Gasteiger partial charge >= 0.3 is 0 Å². The second kappa shape index (κ2) is 7.70. The minimum Gasteiger partial charge on any atom is -0.350 e. The third-order valence-corrected chi connectivity index (χ3v) is 4.86. The molecule has 6 heteroatoms. The molecule has 0 unspecified atom stereocenters. The van der Waals surface area contributed by atoms with E-state index in [9.17, 15) is 9.18 Å². The number of benzene rings is 1. The van der Waals surface area contributed by atoms with E-state index in [1.807, 2.05) is 22.9 Å². The lowest BCUT2D eigenvalue weighted by Gasteiger charge is -2.14. The standard InChI is InChI=1S/C21H21FN4O/c22-16-7-5-6-15(14-16)21(27)24-12-13-26-19-10-2-1-8-17(19)20(25-26)18-9-3-4-11-23-18/h3-7,9,11,14H,1-2,8,10,12-13H2,(H,24,27). The smallest absolute Gasteiger partial charge is 0.251 e. The van der Waals surface area contributed by atoms with Crippen LogP contribution in [0, 0.1) is 5.82 Å². The second-order valence-electron chi connectivity index (χ2n) is 6.69.